The molecule has 1 aromatic heterocycles. The van der Waals surface area contributed by atoms with Gasteiger partial charge >= 0.3 is 11.4 Å². The molecule has 6 heteroatoms. The van der Waals surface area contributed by atoms with Crippen molar-refractivity contribution in [3.8, 4) is 11.4 Å². The standard InChI is InChI=1S/C14H10N4O2/c19-13-16-18(12-9-5-2-6-10-12)14(20)15-17(13)11-7-3-1-4-8-11/h1-10H/p+1. The Bertz CT molecular complexity index is 765. The molecule has 0 aliphatic heterocycles. The zero-order chi connectivity index (χ0) is 13.9. The molecule has 0 spiro atoms. The molecule has 0 radical (unpaired) electrons. The van der Waals surface area contributed by atoms with Gasteiger partial charge in [0.15, 0.2) is 5.69 Å². The second kappa shape index (κ2) is 4.93. The Morgan fingerprint density at radius 3 is 2.15 bits per heavy atom. The maximum Gasteiger partial charge on any atom is 0.541 e. The number of hydrogen-bond acceptors (Lipinski definition) is 3. The highest BCUT2D eigenvalue weighted by atomic mass is 16.2. The minimum atomic E-state index is -0.556. The second-order valence-electron chi connectivity index (χ2n) is 4.12. The molecule has 0 unspecified atom stereocenters. The number of rotatable bonds is 2. The SMILES string of the molecule is O=c1n[n+](-c2ccccc2)c(=O)[nH]n1-c1ccccc1. The molecule has 0 saturated carbocycles. The van der Waals surface area contributed by atoms with E-state index in [1.165, 1.54) is 0 Å². The van der Waals surface area contributed by atoms with E-state index in [0.717, 1.165) is 9.36 Å². The first-order valence-electron chi connectivity index (χ1n) is 6.02. The Hall–Kier alpha value is -3.02. The molecule has 0 atom stereocenters. The molecule has 2 aromatic carbocycles. The lowest BCUT2D eigenvalue weighted by molar-refractivity contribution is -0.680. The lowest BCUT2D eigenvalue weighted by Crippen LogP contribution is -2.58. The smallest absolute Gasteiger partial charge is 0.238 e. The lowest BCUT2D eigenvalue weighted by Gasteiger charge is -2.00. The van der Waals surface area contributed by atoms with E-state index in [1.807, 2.05) is 12.1 Å². The van der Waals surface area contributed by atoms with Crippen LogP contribution < -0.4 is 16.1 Å². The predicted octanol–water partition coefficient (Wildman–Crippen LogP) is 0.197. The number of nitrogens with one attached hydrogen (secondary N) is 1. The van der Waals surface area contributed by atoms with Gasteiger partial charge in [0.2, 0.25) is 0 Å². The third-order valence-electron chi connectivity index (χ3n) is 2.79. The molecule has 1 heterocycles. The highest BCUT2D eigenvalue weighted by molar-refractivity contribution is 5.28. The van der Waals surface area contributed by atoms with Crippen molar-refractivity contribution in [2.24, 2.45) is 0 Å². The molecule has 0 fully saturated rings. The Kier molecular flexibility index (Phi) is 2.96. The molecular formula is C14H11N4O2+. The molecule has 0 amide bonds. The van der Waals surface area contributed by atoms with Crippen molar-refractivity contribution in [3.63, 3.8) is 0 Å². The Balaban J connectivity index is 2.18. The van der Waals surface area contributed by atoms with Gasteiger partial charge in [0.1, 0.15) is 0 Å². The molecule has 3 aromatic rings. The van der Waals surface area contributed by atoms with E-state index in [1.54, 1.807) is 48.5 Å². The van der Waals surface area contributed by atoms with Gasteiger partial charge in [-0.05, 0) is 29.4 Å². The summed E-state index contributed by atoms with van der Waals surface area (Å²) >= 11 is 0. The first-order chi connectivity index (χ1) is 9.75. The van der Waals surface area contributed by atoms with Crippen LogP contribution in [-0.4, -0.2) is 14.9 Å². The van der Waals surface area contributed by atoms with Crippen LogP contribution in [0.5, 0.6) is 0 Å². The van der Waals surface area contributed by atoms with E-state index in [2.05, 4.69) is 10.2 Å². The summed E-state index contributed by atoms with van der Waals surface area (Å²) in [6.07, 6.45) is 0. The molecular weight excluding hydrogens is 256 g/mol. The Morgan fingerprint density at radius 1 is 0.900 bits per heavy atom. The number of aromatic amines is 1. The summed E-state index contributed by atoms with van der Waals surface area (Å²) in [5.74, 6) is 0. The van der Waals surface area contributed by atoms with Gasteiger partial charge in [0.25, 0.3) is 0 Å². The fourth-order valence-corrected chi connectivity index (χ4v) is 1.86. The van der Waals surface area contributed by atoms with Crippen molar-refractivity contribution in [3.05, 3.63) is 81.6 Å². The molecule has 0 bridgehead atoms. The Morgan fingerprint density at radius 2 is 1.50 bits per heavy atom. The van der Waals surface area contributed by atoms with Crippen LogP contribution in [0.1, 0.15) is 0 Å². The fraction of sp³-hybridized carbons (Fsp3) is 0. The zero-order valence-electron chi connectivity index (χ0n) is 10.4. The number of benzene rings is 2. The summed E-state index contributed by atoms with van der Waals surface area (Å²) in [5, 5.41) is 6.31. The fourth-order valence-electron chi connectivity index (χ4n) is 1.86. The minimum Gasteiger partial charge on any atom is -0.238 e. The van der Waals surface area contributed by atoms with E-state index in [9.17, 15) is 9.59 Å². The largest absolute Gasteiger partial charge is 0.541 e. The lowest BCUT2D eigenvalue weighted by atomic mass is 10.3. The van der Waals surface area contributed by atoms with Gasteiger partial charge in [0, 0.05) is 0 Å². The van der Waals surface area contributed by atoms with Crippen molar-refractivity contribution in [2.45, 2.75) is 0 Å². The number of nitrogens with zero attached hydrogens (tertiary/aromatic N) is 3. The van der Waals surface area contributed by atoms with Gasteiger partial charge in [-0.25, -0.2) is 4.79 Å². The van der Waals surface area contributed by atoms with E-state index < -0.39 is 11.4 Å². The van der Waals surface area contributed by atoms with Gasteiger partial charge in [-0.2, -0.15) is 4.79 Å². The highest BCUT2D eigenvalue weighted by Crippen LogP contribution is 1.99. The second-order valence-corrected chi connectivity index (χ2v) is 4.12. The molecule has 6 nitrogen and oxygen atoms in total. The monoisotopic (exact) mass is 267 g/mol. The summed E-state index contributed by atoms with van der Waals surface area (Å²) in [5.41, 5.74) is 0.0488. The van der Waals surface area contributed by atoms with Crippen LogP contribution in [0.2, 0.25) is 0 Å². The van der Waals surface area contributed by atoms with Crippen molar-refractivity contribution < 1.29 is 4.68 Å². The van der Waals surface area contributed by atoms with Gasteiger partial charge in [-0.3, -0.25) is 0 Å². The maximum atomic E-state index is 12.1. The van der Waals surface area contributed by atoms with E-state index in [-0.39, 0.29) is 0 Å². The zero-order valence-corrected chi connectivity index (χ0v) is 10.4. The van der Waals surface area contributed by atoms with E-state index >= 15 is 0 Å². The number of hydrogen-bond donors (Lipinski definition) is 1. The Labute approximate surface area is 113 Å². The quantitative estimate of drug-likeness (QED) is 0.674. The van der Waals surface area contributed by atoms with Crippen LogP contribution in [0.3, 0.4) is 0 Å². The normalized spacial score (nSPS) is 10.4. The van der Waals surface area contributed by atoms with Crippen LogP contribution in [0, 0.1) is 0 Å². The van der Waals surface area contributed by atoms with Gasteiger partial charge < -0.3 is 0 Å². The summed E-state index contributed by atoms with van der Waals surface area (Å²) < 4.78 is 2.16. The van der Waals surface area contributed by atoms with Gasteiger partial charge in [-0.15, -0.1) is 9.78 Å². The number of aromatic nitrogens is 4. The summed E-state index contributed by atoms with van der Waals surface area (Å²) in [6.45, 7) is 0. The highest BCUT2D eigenvalue weighted by Gasteiger charge is 2.15. The van der Waals surface area contributed by atoms with Crippen LogP contribution in [0.15, 0.2) is 70.3 Å². The van der Waals surface area contributed by atoms with E-state index in [4.69, 9.17) is 0 Å². The van der Waals surface area contributed by atoms with Gasteiger partial charge in [-0.1, -0.05) is 41.1 Å². The molecule has 20 heavy (non-hydrogen) atoms. The predicted molar refractivity (Wildman–Crippen MR) is 72.0 cm³/mol. The van der Waals surface area contributed by atoms with E-state index in [0.29, 0.717) is 11.4 Å². The van der Waals surface area contributed by atoms with Crippen molar-refractivity contribution in [1.82, 2.24) is 14.9 Å². The average molecular weight is 267 g/mol. The number of para-hydroxylation sites is 2. The third kappa shape index (κ3) is 2.14. The maximum absolute atomic E-state index is 12.1. The summed E-state index contributed by atoms with van der Waals surface area (Å²) in [7, 11) is 0. The summed E-state index contributed by atoms with van der Waals surface area (Å²) in [4.78, 5) is 24.1. The van der Waals surface area contributed by atoms with Crippen LogP contribution >= 0.6 is 0 Å². The molecule has 1 N–H and O–H groups in total. The summed E-state index contributed by atoms with van der Waals surface area (Å²) in [6, 6.07) is 17.6. The number of H-pyrrole nitrogens is 1. The molecule has 0 aliphatic rings. The minimum absolute atomic E-state index is 0.486. The third-order valence-corrected chi connectivity index (χ3v) is 2.79. The van der Waals surface area contributed by atoms with Crippen molar-refractivity contribution in [1.29, 1.82) is 0 Å². The first-order valence-corrected chi connectivity index (χ1v) is 6.02. The van der Waals surface area contributed by atoms with Gasteiger partial charge in [0.05, 0.1) is 5.69 Å². The molecule has 98 valence electrons. The van der Waals surface area contributed by atoms with Crippen LogP contribution in [-0.2, 0) is 0 Å². The molecule has 0 aliphatic carbocycles. The first kappa shape index (κ1) is 12.0. The average Bonchev–Trinajstić information content (AvgIpc) is 2.51. The van der Waals surface area contributed by atoms with Crippen LogP contribution in [0.25, 0.3) is 11.4 Å². The molecule has 0 saturated heterocycles. The topological polar surface area (TPSA) is 71.6 Å². The van der Waals surface area contributed by atoms with Crippen LogP contribution in [0.4, 0.5) is 0 Å². The molecule has 3 rings (SSSR count). The van der Waals surface area contributed by atoms with Crippen molar-refractivity contribution >= 4 is 0 Å². The van der Waals surface area contributed by atoms with Crippen molar-refractivity contribution in [2.75, 3.05) is 0 Å².